The van der Waals surface area contributed by atoms with E-state index in [1.165, 1.54) is 22.2 Å². The molecule has 0 saturated carbocycles. The van der Waals surface area contributed by atoms with Gasteiger partial charge < -0.3 is 4.57 Å². The Labute approximate surface area is 101 Å². The third-order valence-electron chi connectivity index (χ3n) is 3.10. The topological polar surface area (TPSA) is 4.93 Å². The van der Waals surface area contributed by atoms with E-state index in [9.17, 15) is 0 Å². The number of benzene rings is 2. The largest absolute Gasteiger partial charge is 0.340 e. The molecule has 83 valence electrons. The molecule has 1 heterocycles. The predicted octanol–water partition coefficient (Wildman–Crippen LogP) is 4.14. The van der Waals surface area contributed by atoms with Crippen LogP contribution in [0.1, 0.15) is 0 Å². The van der Waals surface area contributed by atoms with Gasteiger partial charge in [-0.15, -0.1) is 0 Å². The third-order valence-corrected chi connectivity index (χ3v) is 3.10. The summed E-state index contributed by atoms with van der Waals surface area (Å²) in [6.07, 6.45) is 0. The molecule has 0 aliphatic carbocycles. The van der Waals surface area contributed by atoms with Crippen LogP contribution >= 0.6 is 0 Å². The van der Waals surface area contributed by atoms with E-state index in [1.807, 2.05) is 6.07 Å². The van der Waals surface area contributed by atoms with Crippen molar-refractivity contribution in [1.29, 1.82) is 0 Å². The van der Waals surface area contributed by atoms with Crippen molar-refractivity contribution in [2.45, 2.75) is 6.54 Å². The molecule has 1 radical (unpaired) electrons. The van der Waals surface area contributed by atoms with Crippen LogP contribution in [0.3, 0.4) is 0 Å². The lowest BCUT2D eigenvalue weighted by Gasteiger charge is -2.07. The van der Waals surface area contributed by atoms with Gasteiger partial charge in [-0.05, 0) is 24.6 Å². The molecule has 0 aliphatic rings. The lowest BCUT2D eigenvalue weighted by atomic mass is 10.1. The summed E-state index contributed by atoms with van der Waals surface area (Å²) in [4.78, 5) is 0. The minimum absolute atomic E-state index is 0.748. The van der Waals surface area contributed by atoms with Crippen molar-refractivity contribution in [3.05, 3.63) is 67.6 Å². The van der Waals surface area contributed by atoms with Gasteiger partial charge >= 0.3 is 0 Å². The molecule has 0 saturated heterocycles. The maximum absolute atomic E-state index is 4.03. The number of aromatic nitrogens is 1. The monoisotopic (exact) mass is 220 g/mol. The third kappa shape index (κ3) is 1.64. The second-order valence-corrected chi connectivity index (χ2v) is 4.11. The molecule has 0 aliphatic heterocycles. The fourth-order valence-electron chi connectivity index (χ4n) is 2.30. The Balaban J connectivity index is 2.30. The first-order chi connectivity index (χ1) is 8.40. The van der Waals surface area contributed by atoms with Crippen LogP contribution in [0.15, 0.2) is 60.7 Å². The van der Waals surface area contributed by atoms with Crippen molar-refractivity contribution in [1.82, 2.24) is 4.57 Å². The van der Waals surface area contributed by atoms with Crippen LogP contribution in [0, 0.1) is 6.92 Å². The maximum Gasteiger partial charge on any atom is 0.0491 e. The molecule has 1 aromatic heterocycles. The van der Waals surface area contributed by atoms with Gasteiger partial charge in [0.2, 0.25) is 0 Å². The van der Waals surface area contributed by atoms with Gasteiger partial charge in [0, 0.05) is 23.1 Å². The van der Waals surface area contributed by atoms with E-state index in [4.69, 9.17) is 0 Å². The molecule has 2 aromatic carbocycles. The highest BCUT2D eigenvalue weighted by molar-refractivity contribution is 5.87. The zero-order valence-electron chi connectivity index (χ0n) is 9.63. The van der Waals surface area contributed by atoms with Crippen LogP contribution in [0.25, 0.3) is 22.2 Å². The Bertz CT molecular complexity index is 635. The lowest BCUT2D eigenvalue weighted by molar-refractivity contribution is 0.869. The number of fused-ring (bicyclic) bond motifs is 1. The Kier molecular flexibility index (Phi) is 2.45. The number of hydrogen-bond acceptors (Lipinski definition) is 0. The zero-order chi connectivity index (χ0) is 11.7. The molecule has 0 spiro atoms. The lowest BCUT2D eigenvalue weighted by Crippen LogP contribution is -1.96. The second-order valence-electron chi connectivity index (χ2n) is 4.11. The van der Waals surface area contributed by atoms with Crippen LogP contribution in [-0.4, -0.2) is 4.57 Å². The van der Waals surface area contributed by atoms with E-state index in [2.05, 4.69) is 66.1 Å². The number of hydrogen-bond donors (Lipinski definition) is 0. The highest BCUT2D eigenvalue weighted by Gasteiger charge is 2.07. The molecular formula is C16H14N. The van der Waals surface area contributed by atoms with Crippen molar-refractivity contribution in [3.63, 3.8) is 0 Å². The van der Waals surface area contributed by atoms with Gasteiger partial charge in [-0.1, -0.05) is 48.5 Å². The molecule has 0 N–H and O–H groups in total. The van der Waals surface area contributed by atoms with Crippen molar-refractivity contribution >= 4 is 10.9 Å². The highest BCUT2D eigenvalue weighted by atomic mass is 15.0. The molecule has 3 aromatic rings. The zero-order valence-corrected chi connectivity index (χ0v) is 9.63. The summed E-state index contributed by atoms with van der Waals surface area (Å²) < 4.78 is 2.25. The van der Waals surface area contributed by atoms with Gasteiger partial charge in [0.15, 0.2) is 0 Å². The second kappa shape index (κ2) is 4.10. The van der Waals surface area contributed by atoms with Crippen molar-refractivity contribution in [2.75, 3.05) is 0 Å². The predicted molar refractivity (Wildman–Crippen MR) is 72.7 cm³/mol. The summed E-state index contributed by atoms with van der Waals surface area (Å²) >= 11 is 0. The number of para-hydroxylation sites is 1. The fraction of sp³-hybridized carbons (Fsp3) is 0.0625. The van der Waals surface area contributed by atoms with E-state index in [0.29, 0.717) is 0 Å². The van der Waals surface area contributed by atoms with Gasteiger partial charge in [0.1, 0.15) is 0 Å². The normalized spacial score (nSPS) is 10.9. The SMILES string of the molecule is [CH2]Cn1c(-c2ccccc2)cc2ccccc21. The van der Waals surface area contributed by atoms with Gasteiger partial charge in [-0.2, -0.15) is 0 Å². The summed E-state index contributed by atoms with van der Waals surface area (Å²) in [5.74, 6) is 0. The standard InChI is InChI=1S/C16H14N/c1-2-17-15-11-7-6-10-14(15)12-16(17)13-8-4-3-5-9-13/h3-12H,1-2H2. The Hall–Kier alpha value is -2.02. The Morgan fingerprint density at radius 1 is 0.882 bits per heavy atom. The van der Waals surface area contributed by atoms with Crippen LogP contribution in [0.4, 0.5) is 0 Å². The molecule has 0 bridgehead atoms. The maximum atomic E-state index is 4.03. The molecule has 17 heavy (non-hydrogen) atoms. The average Bonchev–Trinajstić information content (AvgIpc) is 2.78. The summed E-state index contributed by atoms with van der Waals surface area (Å²) in [6.45, 7) is 4.78. The van der Waals surface area contributed by atoms with E-state index >= 15 is 0 Å². The van der Waals surface area contributed by atoms with Gasteiger partial charge in [0.05, 0.1) is 0 Å². The first-order valence-electron chi connectivity index (χ1n) is 5.83. The van der Waals surface area contributed by atoms with E-state index in [0.717, 1.165) is 6.54 Å². The molecule has 0 amide bonds. The molecule has 0 atom stereocenters. The minimum Gasteiger partial charge on any atom is -0.340 e. The molecule has 3 rings (SSSR count). The van der Waals surface area contributed by atoms with E-state index < -0.39 is 0 Å². The van der Waals surface area contributed by atoms with Crippen LogP contribution < -0.4 is 0 Å². The molecule has 0 fully saturated rings. The molecule has 1 heteroatoms. The summed E-state index contributed by atoms with van der Waals surface area (Å²) in [5, 5.41) is 1.27. The average molecular weight is 220 g/mol. The van der Waals surface area contributed by atoms with Crippen LogP contribution in [0.2, 0.25) is 0 Å². The summed E-state index contributed by atoms with van der Waals surface area (Å²) in [6, 6.07) is 21.1. The Morgan fingerprint density at radius 2 is 1.59 bits per heavy atom. The van der Waals surface area contributed by atoms with Crippen molar-refractivity contribution in [2.24, 2.45) is 0 Å². The Morgan fingerprint density at radius 3 is 2.35 bits per heavy atom. The van der Waals surface area contributed by atoms with Crippen LogP contribution in [0.5, 0.6) is 0 Å². The van der Waals surface area contributed by atoms with Gasteiger partial charge in [-0.25, -0.2) is 0 Å². The highest BCUT2D eigenvalue weighted by Crippen LogP contribution is 2.27. The summed E-state index contributed by atoms with van der Waals surface area (Å²) in [5.41, 5.74) is 3.73. The van der Waals surface area contributed by atoms with Gasteiger partial charge in [0.25, 0.3) is 0 Å². The van der Waals surface area contributed by atoms with Crippen LogP contribution in [-0.2, 0) is 6.54 Å². The minimum atomic E-state index is 0.748. The quantitative estimate of drug-likeness (QED) is 0.611. The van der Waals surface area contributed by atoms with Gasteiger partial charge in [-0.3, -0.25) is 0 Å². The number of nitrogens with zero attached hydrogens (tertiary/aromatic N) is 1. The van der Waals surface area contributed by atoms with E-state index in [-0.39, 0.29) is 0 Å². The summed E-state index contributed by atoms with van der Waals surface area (Å²) in [7, 11) is 0. The number of rotatable bonds is 2. The van der Waals surface area contributed by atoms with E-state index in [1.54, 1.807) is 0 Å². The smallest absolute Gasteiger partial charge is 0.0491 e. The fourth-order valence-corrected chi connectivity index (χ4v) is 2.30. The molecule has 1 nitrogen and oxygen atoms in total. The first-order valence-corrected chi connectivity index (χ1v) is 5.83. The molecular weight excluding hydrogens is 206 g/mol. The first kappa shape index (κ1) is 10.2. The molecule has 0 unspecified atom stereocenters. The van der Waals surface area contributed by atoms with Crippen molar-refractivity contribution in [3.8, 4) is 11.3 Å². The van der Waals surface area contributed by atoms with Crippen molar-refractivity contribution < 1.29 is 0 Å².